The first-order valence-electron chi connectivity index (χ1n) is 9.01. The minimum atomic E-state index is -0.405. The van der Waals surface area contributed by atoms with E-state index in [4.69, 9.17) is 5.11 Å². The highest BCUT2D eigenvalue weighted by Gasteiger charge is 2.03. The van der Waals surface area contributed by atoms with Gasteiger partial charge in [0.15, 0.2) is 5.78 Å². The Bertz CT molecular complexity index is 395. The van der Waals surface area contributed by atoms with Crippen LogP contribution in [0.3, 0.4) is 0 Å². The van der Waals surface area contributed by atoms with Crippen LogP contribution in [0.5, 0.6) is 0 Å². The zero-order chi connectivity index (χ0) is 16.0. The first kappa shape index (κ1) is 18.9. The number of carbonyl (C=O) groups excluding carboxylic acids is 1. The average molecular weight is 304 g/mol. The summed E-state index contributed by atoms with van der Waals surface area (Å²) in [6.45, 7) is 1.86. The Kier molecular flexibility index (Phi) is 10.7. The molecule has 0 aliphatic rings. The van der Waals surface area contributed by atoms with E-state index in [0.717, 1.165) is 6.42 Å². The lowest BCUT2D eigenvalue weighted by molar-refractivity contribution is 0.0903. The number of benzene rings is 1. The number of aryl methyl sites for hydroxylation is 1. The van der Waals surface area contributed by atoms with Gasteiger partial charge in [-0.1, -0.05) is 89.0 Å². The molecule has 0 fully saturated rings. The fourth-order valence-corrected chi connectivity index (χ4v) is 2.77. The van der Waals surface area contributed by atoms with Crippen LogP contribution in [0.4, 0.5) is 0 Å². The molecular weight excluding hydrogens is 272 g/mol. The maximum absolute atomic E-state index is 11.3. The standard InChI is InChI=1S/C20H32O2/c1-2-3-4-5-6-7-8-9-10-11-12-18-13-15-19(16-14-18)20(22)17-21/h13-16,21H,2-12,17H2,1H3. The zero-order valence-electron chi connectivity index (χ0n) is 14.2. The smallest absolute Gasteiger partial charge is 0.188 e. The lowest BCUT2D eigenvalue weighted by Crippen LogP contribution is -2.03. The van der Waals surface area contributed by atoms with Crippen molar-refractivity contribution in [3.05, 3.63) is 35.4 Å². The van der Waals surface area contributed by atoms with Gasteiger partial charge in [-0.25, -0.2) is 0 Å². The monoisotopic (exact) mass is 304 g/mol. The summed E-state index contributed by atoms with van der Waals surface area (Å²) >= 11 is 0. The van der Waals surface area contributed by atoms with Gasteiger partial charge in [0.2, 0.25) is 0 Å². The summed E-state index contributed by atoms with van der Waals surface area (Å²) in [5, 5.41) is 8.81. The van der Waals surface area contributed by atoms with Gasteiger partial charge >= 0.3 is 0 Å². The van der Waals surface area contributed by atoms with Gasteiger partial charge in [0.1, 0.15) is 6.61 Å². The van der Waals surface area contributed by atoms with Gasteiger partial charge in [-0.15, -0.1) is 0 Å². The van der Waals surface area contributed by atoms with Gasteiger partial charge in [-0.2, -0.15) is 0 Å². The molecule has 0 aromatic heterocycles. The van der Waals surface area contributed by atoms with E-state index in [-0.39, 0.29) is 5.78 Å². The molecule has 0 unspecified atom stereocenters. The van der Waals surface area contributed by atoms with Crippen molar-refractivity contribution < 1.29 is 9.90 Å². The van der Waals surface area contributed by atoms with E-state index < -0.39 is 6.61 Å². The molecule has 0 radical (unpaired) electrons. The topological polar surface area (TPSA) is 37.3 Å². The van der Waals surface area contributed by atoms with Gasteiger partial charge in [-0.05, 0) is 18.4 Å². The third kappa shape index (κ3) is 8.33. The number of aliphatic hydroxyl groups excluding tert-OH is 1. The van der Waals surface area contributed by atoms with Crippen molar-refractivity contribution in [3.63, 3.8) is 0 Å². The van der Waals surface area contributed by atoms with Gasteiger partial charge in [0, 0.05) is 5.56 Å². The number of unbranched alkanes of at least 4 members (excludes halogenated alkanes) is 9. The van der Waals surface area contributed by atoms with E-state index in [2.05, 4.69) is 6.92 Å². The summed E-state index contributed by atoms with van der Waals surface area (Å²) in [7, 11) is 0. The molecule has 0 saturated heterocycles. The summed E-state index contributed by atoms with van der Waals surface area (Å²) in [5.41, 5.74) is 1.89. The Morgan fingerprint density at radius 3 is 1.82 bits per heavy atom. The van der Waals surface area contributed by atoms with E-state index in [0.29, 0.717) is 5.56 Å². The van der Waals surface area contributed by atoms with Crippen LogP contribution in [0.15, 0.2) is 24.3 Å². The summed E-state index contributed by atoms with van der Waals surface area (Å²) in [6.07, 6.45) is 14.7. The molecule has 0 saturated carbocycles. The number of rotatable bonds is 13. The summed E-state index contributed by atoms with van der Waals surface area (Å²) in [4.78, 5) is 11.3. The van der Waals surface area contributed by atoms with E-state index >= 15 is 0 Å². The quantitative estimate of drug-likeness (QED) is 0.395. The van der Waals surface area contributed by atoms with Crippen molar-refractivity contribution in [1.29, 1.82) is 0 Å². The normalized spacial score (nSPS) is 10.8. The van der Waals surface area contributed by atoms with Crippen LogP contribution in [-0.2, 0) is 6.42 Å². The minimum Gasteiger partial charge on any atom is -0.388 e. The summed E-state index contributed by atoms with van der Waals surface area (Å²) < 4.78 is 0. The highest BCUT2D eigenvalue weighted by molar-refractivity contribution is 5.96. The first-order valence-corrected chi connectivity index (χ1v) is 9.01. The van der Waals surface area contributed by atoms with E-state index in [9.17, 15) is 4.79 Å². The first-order chi connectivity index (χ1) is 10.8. The second-order valence-corrected chi connectivity index (χ2v) is 6.21. The number of hydrogen-bond donors (Lipinski definition) is 1. The molecule has 0 heterocycles. The van der Waals surface area contributed by atoms with Crippen LogP contribution in [0.2, 0.25) is 0 Å². The summed E-state index contributed by atoms with van der Waals surface area (Å²) in [5.74, 6) is -0.203. The second kappa shape index (κ2) is 12.4. The second-order valence-electron chi connectivity index (χ2n) is 6.21. The number of carbonyl (C=O) groups is 1. The van der Waals surface area contributed by atoms with Crippen molar-refractivity contribution in [1.82, 2.24) is 0 Å². The third-order valence-electron chi connectivity index (χ3n) is 4.24. The lowest BCUT2D eigenvalue weighted by Gasteiger charge is -2.04. The Balaban J connectivity index is 2.01. The maximum atomic E-state index is 11.3. The highest BCUT2D eigenvalue weighted by Crippen LogP contribution is 2.13. The van der Waals surface area contributed by atoms with Crippen molar-refractivity contribution in [3.8, 4) is 0 Å². The summed E-state index contributed by atoms with van der Waals surface area (Å²) in [6, 6.07) is 7.67. The van der Waals surface area contributed by atoms with Crippen LogP contribution < -0.4 is 0 Å². The highest BCUT2D eigenvalue weighted by atomic mass is 16.3. The van der Waals surface area contributed by atoms with Gasteiger partial charge in [0.25, 0.3) is 0 Å². The molecule has 0 amide bonds. The van der Waals surface area contributed by atoms with Gasteiger partial charge in [0.05, 0.1) is 0 Å². The van der Waals surface area contributed by atoms with Crippen LogP contribution in [-0.4, -0.2) is 17.5 Å². The molecule has 1 aromatic rings. The molecule has 2 heteroatoms. The van der Waals surface area contributed by atoms with Crippen molar-refractivity contribution in [2.24, 2.45) is 0 Å². The predicted octanol–water partition coefficient (Wildman–Crippen LogP) is 5.33. The SMILES string of the molecule is CCCCCCCCCCCCc1ccc(C(=O)CO)cc1. The average Bonchev–Trinajstić information content (AvgIpc) is 2.56. The molecule has 124 valence electrons. The fraction of sp³-hybridized carbons (Fsp3) is 0.650. The fourth-order valence-electron chi connectivity index (χ4n) is 2.77. The lowest BCUT2D eigenvalue weighted by atomic mass is 10.0. The molecule has 1 N–H and O–H groups in total. The van der Waals surface area contributed by atoms with Crippen molar-refractivity contribution in [2.45, 2.75) is 77.6 Å². The Labute approximate surface area is 135 Å². The van der Waals surface area contributed by atoms with Crippen LogP contribution in [0, 0.1) is 0 Å². The molecule has 0 spiro atoms. The maximum Gasteiger partial charge on any atom is 0.188 e. The molecular formula is C20H32O2. The molecule has 1 aromatic carbocycles. The van der Waals surface area contributed by atoms with E-state index in [1.165, 1.54) is 69.8 Å². The molecule has 0 atom stereocenters. The Morgan fingerprint density at radius 2 is 1.32 bits per heavy atom. The molecule has 0 aliphatic heterocycles. The van der Waals surface area contributed by atoms with Crippen LogP contribution in [0.1, 0.15) is 87.1 Å². The molecule has 0 aliphatic carbocycles. The number of ketones is 1. The number of Topliss-reactive ketones (excluding diaryl/α,β-unsaturated/α-hetero) is 1. The Hall–Kier alpha value is -1.15. The number of aliphatic hydroxyl groups is 1. The largest absolute Gasteiger partial charge is 0.388 e. The zero-order valence-corrected chi connectivity index (χ0v) is 14.2. The molecule has 2 nitrogen and oxygen atoms in total. The van der Waals surface area contributed by atoms with Gasteiger partial charge < -0.3 is 5.11 Å². The molecule has 22 heavy (non-hydrogen) atoms. The van der Waals surface area contributed by atoms with Gasteiger partial charge in [-0.3, -0.25) is 4.79 Å². The molecule has 1 rings (SSSR count). The van der Waals surface area contributed by atoms with Crippen LogP contribution >= 0.6 is 0 Å². The Morgan fingerprint density at radius 1 is 0.818 bits per heavy atom. The predicted molar refractivity (Wildman–Crippen MR) is 93.4 cm³/mol. The van der Waals surface area contributed by atoms with Crippen LogP contribution in [0.25, 0.3) is 0 Å². The van der Waals surface area contributed by atoms with Crippen molar-refractivity contribution in [2.75, 3.05) is 6.61 Å². The minimum absolute atomic E-state index is 0.203. The molecule has 0 bridgehead atoms. The van der Waals surface area contributed by atoms with E-state index in [1.54, 1.807) is 0 Å². The third-order valence-corrected chi connectivity index (χ3v) is 4.24. The van der Waals surface area contributed by atoms with Crippen molar-refractivity contribution >= 4 is 5.78 Å². The van der Waals surface area contributed by atoms with E-state index in [1.807, 2.05) is 24.3 Å². The number of hydrogen-bond acceptors (Lipinski definition) is 2.